The highest BCUT2D eigenvalue weighted by Gasteiger charge is 2.62. The number of hydrogen-bond acceptors (Lipinski definition) is 5. The van der Waals surface area contributed by atoms with Gasteiger partial charge in [-0.2, -0.15) is 0 Å². The van der Waals surface area contributed by atoms with Crippen LogP contribution in [0.2, 0.25) is 0 Å². The van der Waals surface area contributed by atoms with Gasteiger partial charge in [-0.25, -0.2) is 0 Å². The van der Waals surface area contributed by atoms with E-state index in [0.29, 0.717) is 18.3 Å². The number of fused-ring (bicyclic) bond motifs is 5. The standard InChI is InChI=1S/C25H34O5/c1-14(2)23(29)30-13-21(28)19-8-7-18-17-6-5-15-11-16(26)9-10-24(15,3)22(17)20(27)12-25(18,19)4/h9-11,14,17-20,22,27H,5-8,12-13H2,1-4H3/t17?,18?,19-,20+,22?,24?,25?/m1/s1. The van der Waals surface area contributed by atoms with Crippen LogP contribution >= 0.6 is 0 Å². The fraction of sp³-hybridized carbons (Fsp3) is 0.720. The van der Waals surface area contributed by atoms with Crippen LogP contribution in [-0.4, -0.2) is 35.4 Å². The van der Waals surface area contributed by atoms with Gasteiger partial charge < -0.3 is 9.84 Å². The van der Waals surface area contributed by atoms with Crippen LogP contribution in [0.5, 0.6) is 0 Å². The molecule has 0 aromatic rings. The molecular weight excluding hydrogens is 380 g/mol. The molecule has 4 aliphatic carbocycles. The Morgan fingerprint density at radius 2 is 1.97 bits per heavy atom. The molecule has 164 valence electrons. The fourth-order valence-corrected chi connectivity index (χ4v) is 7.26. The van der Waals surface area contributed by atoms with Crippen LogP contribution in [0.15, 0.2) is 23.8 Å². The number of aliphatic hydroxyl groups is 1. The molecule has 3 saturated carbocycles. The van der Waals surface area contributed by atoms with Gasteiger partial charge in [0.25, 0.3) is 0 Å². The zero-order valence-electron chi connectivity index (χ0n) is 18.5. The normalized spacial score (nSPS) is 42.3. The van der Waals surface area contributed by atoms with Gasteiger partial charge in [-0.15, -0.1) is 0 Å². The molecule has 0 amide bonds. The summed E-state index contributed by atoms with van der Waals surface area (Å²) < 4.78 is 5.23. The summed E-state index contributed by atoms with van der Waals surface area (Å²) in [6.45, 7) is 7.68. The van der Waals surface area contributed by atoms with Crippen molar-refractivity contribution >= 4 is 17.5 Å². The minimum Gasteiger partial charge on any atom is -0.457 e. The highest BCUT2D eigenvalue weighted by molar-refractivity contribution is 6.01. The number of carbonyl (C=O) groups is 3. The first-order valence-corrected chi connectivity index (χ1v) is 11.4. The second-order valence-electron chi connectivity index (χ2n) is 10.7. The molecule has 0 aliphatic heterocycles. The molecule has 7 atom stereocenters. The molecule has 0 radical (unpaired) electrons. The number of ether oxygens (including phenoxy) is 1. The van der Waals surface area contributed by atoms with Gasteiger partial charge >= 0.3 is 5.97 Å². The quantitative estimate of drug-likeness (QED) is 0.710. The maximum atomic E-state index is 13.0. The van der Waals surface area contributed by atoms with Crippen molar-refractivity contribution in [2.75, 3.05) is 6.61 Å². The molecule has 0 aromatic heterocycles. The minimum atomic E-state index is -0.519. The predicted molar refractivity (Wildman–Crippen MR) is 112 cm³/mol. The first-order valence-electron chi connectivity index (χ1n) is 11.4. The first kappa shape index (κ1) is 21.5. The molecule has 5 nitrogen and oxygen atoms in total. The average Bonchev–Trinajstić information content (AvgIpc) is 3.02. The number of aliphatic hydroxyl groups excluding tert-OH is 1. The summed E-state index contributed by atoms with van der Waals surface area (Å²) in [5, 5.41) is 11.3. The maximum Gasteiger partial charge on any atom is 0.308 e. The number of esters is 1. The smallest absolute Gasteiger partial charge is 0.308 e. The van der Waals surface area contributed by atoms with Gasteiger partial charge in [0.15, 0.2) is 11.6 Å². The predicted octanol–water partition coefficient (Wildman–Crippen LogP) is 3.65. The van der Waals surface area contributed by atoms with E-state index in [9.17, 15) is 19.5 Å². The van der Waals surface area contributed by atoms with E-state index in [4.69, 9.17) is 4.74 Å². The Labute approximate surface area is 178 Å². The monoisotopic (exact) mass is 414 g/mol. The Kier molecular flexibility index (Phi) is 5.32. The summed E-state index contributed by atoms with van der Waals surface area (Å²) in [4.78, 5) is 36.7. The van der Waals surface area contributed by atoms with E-state index in [1.807, 2.05) is 6.08 Å². The Bertz CT molecular complexity index is 823. The lowest BCUT2D eigenvalue weighted by molar-refractivity contribution is -0.155. The molecule has 0 saturated heterocycles. The fourth-order valence-electron chi connectivity index (χ4n) is 7.26. The molecule has 4 rings (SSSR count). The third-order valence-corrected chi connectivity index (χ3v) is 8.71. The van der Waals surface area contributed by atoms with E-state index in [0.717, 1.165) is 31.3 Å². The summed E-state index contributed by atoms with van der Waals surface area (Å²) in [6.07, 6.45) is 9.07. The van der Waals surface area contributed by atoms with E-state index in [2.05, 4.69) is 13.8 Å². The summed E-state index contributed by atoms with van der Waals surface area (Å²) in [5.74, 6) is 0.0372. The van der Waals surface area contributed by atoms with Crippen LogP contribution in [0.1, 0.15) is 59.8 Å². The Morgan fingerprint density at radius 3 is 2.67 bits per heavy atom. The molecular formula is C25H34O5. The number of hydrogen-bond donors (Lipinski definition) is 1. The van der Waals surface area contributed by atoms with Crippen molar-refractivity contribution in [1.82, 2.24) is 0 Å². The lowest BCUT2D eigenvalue weighted by Gasteiger charge is -2.58. The Balaban J connectivity index is 1.56. The van der Waals surface area contributed by atoms with E-state index in [-0.39, 0.29) is 52.7 Å². The minimum absolute atomic E-state index is 0.00888. The number of Topliss-reactive ketones (excluding diaryl/α,β-unsaturated/α-hetero) is 1. The molecule has 4 aliphatic rings. The van der Waals surface area contributed by atoms with Crippen molar-refractivity contribution in [2.24, 2.45) is 40.4 Å². The van der Waals surface area contributed by atoms with Crippen molar-refractivity contribution in [3.8, 4) is 0 Å². The van der Waals surface area contributed by atoms with Gasteiger partial charge in [-0.3, -0.25) is 14.4 Å². The molecule has 0 heterocycles. The Hall–Kier alpha value is -1.75. The van der Waals surface area contributed by atoms with Crippen molar-refractivity contribution in [3.63, 3.8) is 0 Å². The van der Waals surface area contributed by atoms with Gasteiger partial charge in [0.2, 0.25) is 0 Å². The van der Waals surface area contributed by atoms with Crippen molar-refractivity contribution in [1.29, 1.82) is 0 Å². The number of rotatable bonds is 4. The lowest BCUT2D eigenvalue weighted by Crippen LogP contribution is -2.56. The second kappa shape index (κ2) is 7.44. The zero-order chi connectivity index (χ0) is 21.8. The third kappa shape index (κ3) is 3.21. The SMILES string of the molecule is CC(C)C(=O)OCC(=O)[C@H]1CCC2C3CCC4=CC(=O)C=CC4(C)C3[C@@H](O)CC21C. The molecule has 1 N–H and O–H groups in total. The molecule has 0 spiro atoms. The highest BCUT2D eigenvalue weighted by Crippen LogP contribution is 2.66. The maximum absolute atomic E-state index is 13.0. The van der Waals surface area contributed by atoms with Crippen molar-refractivity contribution in [2.45, 2.75) is 65.9 Å². The van der Waals surface area contributed by atoms with Gasteiger partial charge in [-0.1, -0.05) is 39.3 Å². The second-order valence-corrected chi connectivity index (χ2v) is 10.7. The number of carbonyl (C=O) groups excluding carboxylic acids is 3. The van der Waals surface area contributed by atoms with Gasteiger partial charge in [0.05, 0.1) is 12.0 Å². The summed E-state index contributed by atoms with van der Waals surface area (Å²) in [5.41, 5.74) is 0.588. The number of ketones is 2. The van der Waals surface area contributed by atoms with Crippen LogP contribution < -0.4 is 0 Å². The van der Waals surface area contributed by atoms with Crippen LogP contribution in [0.4, 0.5) is 0 Å². The zero-order valence-corrected chi connectivity index (χ0v) is 18.5. The lowest BCUT2D eigenvalue weighted by atomic mass is 9.46. The summed E-state index contributed by atoms with van der Waals surface area (Å²) >= 11 is 0. The molecule has 5 unspecified atom stereocenters. The molecule has 30 heavy (non-hydrogen) atoms. The Morgan fingerprint density at radius 1 is 1.23 bits per heavy atom. The van der Waals surface area contributed by atoms with E-state index in [1.54, 1.807) is 26.0 Å². The first-order chi connectivity index (χ1) is 14.1. The van der Waals surface area contributed by atoms with Crippen LogP contribution in [0.3, 0.4) is 0 Å². The van der Waals surface area contributed by atoms with Crippen molar-refractivity contribution in [3.05, 3.63) is 23.8 Å². The average molecular weight is 415 g/mol. The molecule has 3 fully saturated rings. The van der Waals surface area contributed by atoms with Crippen LogP contribution in [0, 0.1) is 40.4 Å². The van der Waals surface area contributed by atoms with E-state index < -0.39 is 6.10 Å². The van der Waals surface area contributed by atoms with Gasteiger partial charge in [-0.05, 0) is 61.5 Å². The third-order valence-electron chi connectivity index (χ3n) is 8.71. The van der Waals surface area contributed by atoms with E-state index in [1.165, 1.54) is 0 Å². The largest absolute Gasteiger partial charge is 0.457 e. The van der Waals surface area contributed by atoms with Gasteiger partial charge in [0.1, 0.15) is 6.61 Å². The highest BCUT2D eigenvalue weighted by atomic mass is 16.5. The summed E-state index contributed by atoms with van der Waals surface area (Å²) in [6, 6.07) is 0. The molecule has 0 aromatic carbocycles. The van der Waals surface area contributed by atoms with Crippen LogP contribution in [0.25, 0.3) is 0 Å². The molecule has 5 heteroatoms. The summed E-state index contributed by atoms with van der Waals surface area (Å²) in [7, 11) is 0. The van der Waals surface area contributed by atoms with Crippen LogP contribution in [-0.2, 0) is 19.1 Å². The number of allylic oxidation sites excluding steroid dienone is 4. The van der Waals surface area contributed by atoms with Gasteiger partial charge in [0, 0.05) is 17.3 Å². The molecule has 0 bridgehead atoms. The topological polar surface area (TPSA) is 80.7 Å². The van der Waals surface area contributed by atoms with E-state index >= 15 is 0 Å². The van der Waals surface area contributed by atoms with Crippen molar-refractivity contribution < 1.29 is 24.2 Å².